The molecule has 1 heterocycles. The van der Waals surface area contributed by atoms with Gasteiger partial charge in [-0.25, -0.2) is 0 Å². The van der Waals surface area contributed by atoms with Gasteiger partial charge in [-0.15, -0.1) is 11.3 Å². The Kier molecular flexibility index (Phi) is 7.26. The number of carbonyl (C=O) groups excluding carboxylic acids is 2. The van der Waals surface area contributed by atoms with Crippen molar-refractivity contribution in [2.24, 2.45) is 5.92 Å². The van der Waals surface area contributed by atoms with Crippen LogP contribution in [0, 0.1) is 5.92 Å². The fourth-order valence-corrected chi connectivity index (χ4v) is 4.51. The third-order valence-corrected chi connectivity index (χ3v) is 6.27. The van der Waals surface area contributed by atoms with Gasteiger partial charge in [0, 0.05) is 23.4 Å². The molecule has 0 spiro atoms. The molecule has 1 aromatic heterocycles. The summed E-state index contributed by atoms with van der Waals surface area (Å²) in [7, 11) is 0. The van der Waals surface area contributed by atoms with Gasteiger partial charge in [-0.05, 0) is 43.7 Å². The van der Waals surface area contributed by atoms with Crippen LogP contribution in [0.25, 0.3) is 0 Å². The first-order chi connectivity index (χ1) is 13.5. The summed E-state index contributed by atoms with van der Waals surface area (Å²) in [6, 6.07) is 14.1. The first-order valence-corrected chi connectivity index (χ1v) is 11.1. The lowest BCUT2D eigenvalue weighted by molar-refractivity contribution is -0.145. The Hall–Kier alpha value is -2.14. The van der Waals surface area contributed by atoms with Crippen molar-refractivity contribution in [3.05, 3.63) is 58.3 Å². The Balaban J connectivity index is 1.73. The molecule has 0 aliphatic heterocycles. The van der Waals surface area contributed by atoms with Crippen molar-refractivity contribution in [2.75, 3.05) is 6.54 Å². The average Bonchev–Trinajstić information content (AvgIpc) is 3.39. The van der Waals surface area contributed by atoms with Crippen molar-refractivity contribution in [1.82, 2.24) is 9.80 Å². The number of nitrogens with zero attached hydrogens (tertiary/aromatic N) is 2. The van der Waals surface area contributed by atoms with Crippen molar-refractivity contribution in [3.63, 3.8) is 0 Å². The molecule has 1 fully saturated rings. The van der Waals surface area contributed by atoms with Gasteiger partial charge >= 0.3 is 0 Å². The lowest BCUT2D eigenvalue weighted by Crippen LogP contribution is -2.47. The predicted molar refractivity (Wildman–Crippen MR) is 114 cm³/mol. The van der Waals surface area contributed by atoms with Crippen molar-refractivity contribution < 1.29 is 9.59 Å². The molecule has 2 aromatic rings. The average molecular weight is 399 g/mol. The molecular formula is C23H30N2O2S. The van der Waals surface area contributed by atoms with Crippen molar-refractivity contribution in [1.29, 1.82) is 0 Å². The van der Waals surface area contributed by atoms with E-state index in [2.05, 4.69) is 6.07 Å². The van der Waals surface area contributed by atoms with Crippen LogP contribution < -0.4 is 0 Å². The van der Waals surface area contributed by atoms with Crippen LogP contribution in [0.3, 0.4) is 0 Å². The van der Waals surface area contributed by atoms with Crippen LogP contribution in [0.15, 0.2) is 47.8 Å². The van der Waals surface area contributed by atoms with Crippen LogP contribution in [-0.2, 0) is 22.7 Å². The van der Waals surface area contributed by atoms with Crippen molar-refractivity contribution in [2.45, 2.75) is 58.7 Å². The minimum Gasteiger partial charge on any atom is -0.332 e. The van der Waals surface area contributed by atoms with Gasteiger partial charge in [0.1, 0.15) is 6.54 Å². The van der Waals surface area contributed by atoms with E-state index in [1.807, 2.05) is 60.5 Å². The van der Waals surface area contributed by atoms with Crippen LogP contribution >= 0.6 is 11.3 Å². The lowest BCUT2D eigenvalue weighted by Gasteiger charge is -2.31. The Morgan fingerprint density at radius 2 is 1.75 bits per heavy atom. The second-order valence-electron chi connectivity index (χ2n) is 7.86. The molecule has 0 N–H and O–H groups in total. The smallest absolute Gasteiger partial charge is 0.242 e. The van der Waals surface area contributed by atoms with Gasteiger partial charge < -0.3 is 9.80 Å². The molecule has 1 saturated carbocycles. The highest BCUT2D eigenvalue weighted by Crippen LogP contribution is 2.27. The number of carbonyl (C=O) groups is 2. The van der Waals surface area contributed by atoms with E-state index >= 15 is 0 Å². The summed E-state index contributed by atoms with van der Waals surface area (Å²) < 4.78 is 0. The predicted octanol–water partition coefficient (Wildman–Crippen LogP) is 4.70. The van der Waals surface area contributed by atoms with Gasteiger partial charge in [-0.2, -0.15) is 0 Å². The molecule has 0 radical (unpaired) electrons. The summed E-state index contributed by atoms with van der Waals surface area (Å²) in [5, 5.41) is 2.03. The molecule has 3 rings (SSSR count). The summed E-state index contributed by atoms with van der Waals surface area (Å²) in [5.74, 6) is 0.254. The van der Waals surface area contributed by atoms with Gasteiger partial charge in [-0.3, -0.25) is 9.59 Å². The molecule has 1 aliphatic rings. The van der Waals surface area contributed by atoms with Crippen LogP contribution in [0.5, 0.6) is 0 Å². The zero-order chi connectivity index (χ0) is 19.9. The monoisotopic (exact) mass is 398 g/mol. The fraction of sp³-hybridized carbons (Fsp3) is 0.478. The molecule has 2 amide bonds. The number of thiophene rings is 1. The van der Waals surface area contributed by atoms with Gasteiger partial charge in [0.2, 0.25) is 11.8 Å². The van der Waals surface area contributed by atoms with E-state index in [9.17, 15) is 9.59 Å². The van der Waals surface area contributed by atoms with Crippen LogP contribution in [0.1, 0.15) is 50.0 Å². The molecular weight excluding hydrogens is 368 g/mol. The molecule has 0 saturated heterocycles. The summed E-state index contributed by atoms with van der Waals surface area (Å²) in [6.07, 6.45) is 4.15. The quantitative estimate of drug-likeness (QED) is 0.646. The van der Waals surface area contributed by atoms with Gasteiger partial charge in [-0.1, -0.05) is 49.2 Å². The molecule has 1 aromatic carbocycles. The first kappa shape index (κ1) is 20.6. The number of hydrogen-bond acceptors (Lipinski definition) is 3. The Bertz CT molecular complexity index is 752. The Morgan fingerprint density at radius 1 is 1.04 bits per heavy atom. The van der Waals surface area contributed by atoms with E-state index < -0.39 is 0 Å². The number of amides is 2. The Labute approximate surface area is 172 Å². The van der Waals surface area contributed by atoms with Crippen molar-refractivity contribution >= 4 is 23.2 Å². The third kappa shape index (κ3) is 5.44. The third-order valence-electron chi connectivity index (χ3n) is 5.41. The van der Waals surface area contributed by atoms with Crippen LogP contribution in [-0.4, -0.2) is 34.2 Å². The SMILES string of the molecule is CC(C)N(CC(=O)N(Cc1ccccc1)Cc1cccs1)C(=O)C1CCCC1. The molecule has 0 unspecified atom stereocenters. The molecule has 150 valence electrons. The second-order valence-corrected chi connectivity index (χ2v) is 8.89. The maximum Gasteiger partial charge on any atom is 0.242 e. The normalized spacial score (nSPS) is 14.4. The zero-order valence-electron chi connectivity index (χ0n) is 16.8. The summed E-state index contributed by atoms with van der Waals surface area (Å²) >= 11 is 1.66. The highest BCUT2D eigenvalue weighted by atomic mass is 32.1. The van der Waals surface area contributed by atoms with E-state index in [-0.39, 0.29) is 30.3 Å². The Morgan fingerprint density at radius 3 is 2.36 bits per heavy atom. The van der Waals surface area contributed by atoms with E-state index in [1.54, 1.807) is 16.2 Å². The fourth-order valence-electron chi connectivity index (χ4n) is 3.79. The van der Waals surface area contributed by atoms with Gasteiger partial charge in [0.15, 0.2) is 0 Å². The number of rotatable bonds is 8. The lowest BCUT2D eigenvalue weighted by atomic mass is 10.1. The van der Waals surface area contributed by atoms with E-state index in [4.69, 9.17) is 0 Å². The summed E-state index contributed by atoms with van der Waals surface area (Å²) in [4.78, 5) is 31.0. The summed E-state index contributed by atoms with van der Waals surface area (Å²) in [6.45, 7) is 5.29. The molecule has 5 heteroatoms. The summed E-state index contributed by atoms with van der Waals surface area (Å²) in [5.41, 5.74) is 1.10. The maximum absolute atomic E-state index is 13.2. The molecule has 0 atom stereocenters. The first-order valence-electron chi connectivity index (χ1n) is 10.2. The maximum atomic E-state index is 13.2. The van der Waals surface area contributed by atoms with Crippen LogP contribution in [0.2, 0.25) is 0 Å². The van der Waals surface area contributed by atoms with Gasteiger partial charge in [0.25, 0.3) is 0 Å². The van der Waals surface area contributed by atoms with E-state index in [0.717, 1.165) is 36.1 Å². The second kappa shape index (κ2) is 9.87. The number of hydrogen-bond donors (Lipinski definition) is 0. The number of benzene rings is 1. The highest BCUT2D eigenvalue weighted by Gasteiger charge is 2.31. The minimum absolute atomic E-state index is 0.0114. The molecule has 1 aliphatic carbocycles. The largest absolute Gasteiger partial charge is 0.332 e. The van der Waals surface area contributed by atoms with Crippen molar-refractivity contribution in [3.8, 4) is 0 Å². The highest BCUT2D eigenvalue weighted by molar-refractivity contribution is 7.09. The molecule has 28 heavy (non-hydrogen) atoms. The minimum atomic E-state index is 0.0114. The molecule has 4 nitrogen and oxygen atoms in total. The van der Waals surface area contributed by atoms with Gasteiger partial charge in [0.05, 0.1) is 6.54 Å². The topological polar surface area (TPSA) is 40.6 Å². The zero-order valence-corrected chi connectivity index (χ0v) is 17.7. The molecule has 0 bridgehead atoms. The van der Waals surface area contributed by atoms with E-state index in [1.165, 1.54) is 0 Å². The standard InChI is InChI=1S/C23H30N2O2S/c1-18(2)25(23(27)20-11-6-7-12-20)17-22(26)24(16-21-13-8-14-28-21)15-19-9-4-3-5-10-19/h3-5,8-10,13-14,18,20H,6-7,11-12,15-17H2,1-2H3. The van der Waals surface area contributed by atoms with Crippen LogP contribution in [0.4, 0.5) is 0 Å². The van der Waals surface area contributed by atoms with E-state index in [0.29, 0.717) is 13.1 Å².